The highest BCUT2D eigenvalue weighted by Gasteiger charge is 2.21. The quantitative estimate of drug-likeness (QED) is 0.187. The second-order valence-electron chi connectivity index (χ2n) is 13.0. The molecule has 0 N–H and O–H groups in total. The number of aromatic nitrogens is 3. The van der Waals surface area contributed by atoms with Crippen LogP contribution in [0.5, 0.6) is 0 Å². The highest BCUT2D eigenvalue weighted by atomic mass is 32.1. The van der Waals surface area contributed by atoms with Crippen LogP contribution in [-0.2, 0) is 0 Å². The number of hydrogen-bond donors (Lipinski definition) is 0. The van der Waals surface area contributed by atoms with Crippen molar-refractivity contribution in [2.24, 2.45) is 0 Å². The molecule has 0 fully saturated rings. The molecule has 0 bridgehead atoms. The summed E-state index contributed by atoms with van der Waals surface area (Å²) in [6, 6.07) is 57.7. The summed E-state index contributed by atoms with van der Waals surface area (Å²) in [4.78, 5) is 10.6. The summed E-state index contributed by atoms with van der Waals surface area (Å²) in [5, 5.41) is 5.83. The van der Waals surface area contributed by atoms with Crippen molar-refractivity contribution in [3.8, 4) is 39.5 Å². The molecule has 11 aromatic rings. The van der Waals surface area contributed by atoms with Crippen LogP contribution < -0.4 is 0 Å². The molecule has 238 valence electrons. The Bertz CT molecular complexity index is 3110. The molecule has 11 rings (SSSR count). The van der Waals surface area contributed by atoms with Crippen LogP contribution in [0.3, 0.4) is 0 Å². The molecule has 5 heteroatoms. The maximum Gasteiger partial charge on any atom is 0.160 e. The van der Waals surface area contributed by atoms with E-state index in [9.17, 15) is 0 Å². The van der Waals surface area contributed by atoms with Crippen LogP contribution >= 0.6 is 11.3 Å². The van der Waals surface area contributed by atoms with E-state index >= 15 is 0 Å². The van der Waals surface area contributed by atoms with Crippen LogP contribution in [0.4, 0.5) is 0 Å². The number of furan rings is 1. The maximum atomic E-state index is 6.52. The zero-order valence-electron chi connectivity index (χ0n) is 27.2. The number of rotatable bonds is 4. The van der Waals surface area contributed by atoms with E-state index in [0.29, 0.717) is 5.82 Å². The molecule has 0 saturated heterocycles. The van der Waals surface area contributed by atoms with E-state index in [1.165, 1.54) is 26.5 Å². The highest BCUT2D eigenvalue weighted by molar-refractivity contribution is 7.26. The van der Waals surface area contributed by atoms with Crippen LogP contribution in [0.15, 0.2) is 168 Å². The Morgan fingerprint density at radius 1 is 0.490 bits per heavy atom. The van der Waals surface area contributed by atoms with Gasteiger partial charge in [-0.15, -0.1) is 11.3 Å². The summed E-state index contributed by atoms with van der Waals surface area (Å²) in [5.41, 5.74) is 11.3. The van der Waals surface area contributed by atoms with Gasteiger partial charge in [0.2, 0.25) is 0 Å². The van der Waals surface area contributed by atoms with Crippen molar-refractivity contribution in [2.45, 2.75) is 0 Å². The third-order valence-corrected chi connectivity index (χ3v) is 11.2. The van der Waals surface area contributed by atoms with Gasteiger partial charge in [0, 0.05) is 48.4 Å². The number of thiophene rings is 1. The van der Waals surface area contributed by atoms with E-state index in [0.717, 1.165) is 71.2 Å². The Balaban J connectivity index is 1.10. The molecule has 0 atom stereocenters. The fourth-order valence-corrected chi connectivity index (χ4v) is 8.85. The second kappa shape index (κ2) is 11.0. The van der Waals surface area contributed by atoms with Crippen LogP contribution in [0.1, 0.15) is 0 Å². The van der Waals surface area contributed by atoms with E-state index in [-0.39, 0.29) is 0 Å². The fraction of sp³-hybridized carbons (Fsp3) is 0. The molecule has 4 heterocycles. The van der Waals surface area contributed by atoms with Gasteiger partial charge in [-0.25, -0.2) is 9.97 Å². The predicted molar refractivity (Wildman–Crippen MR) is 213 cm³/mol. The summed E-state index contributed by atoms with van der Waals surface area (Å²) >= 11 is 1.74. The van der Waals surface area contributed by atoms with Gasteiger partial charge in [-0.3, -0.25) is 0 Å². The number of benzene rings is 7. The van der Waals surface area contributed by atoms with Crippen molar-refractivity contribution in [3.05, 3.63) is 164 Å². The van der Waals surface area contributed by atoms with Crippen LogP contribution in [-0.4, -0.2) is 14.5 Å². The molecule has 0 radical (unpaired) electrons. The van der Waals surface area contributed by atoms with Gasteiger partial charge in [0.05, 0.1) is 26.9 Å². The van der Waals surface area contributed by atoms with E-state index < -0.39 is 0 Å². The number of fused-ring (bicyclic) bond motifs is 9. The topological polar surface area (TPSA) is 43.9 Å². The first-order valence-electron chi connectivity index (χ1n) is 17.1. The number of hydrogen-bond acceptors (Lipinski definition) is 4. The predicted octanol–water partition coefficient (Wildman–Crippen LogP) is 12.8. The van der Waals surface area contributed by atoms with Crippen molar-refractivity contribution in [1.82, 2.24) is 14.5 Å². The normalized spacial score (nSPS) is 11.9. The van der Waals surface area contributed by atoms with E-state index in [1.54, 1.807) is 11.3 Å². The zero-order chi connectivity index (χ0) is 33.5. The molecule has 51 heavy (non-hydrogen) atoms. The van der Waals surface area contributed by atoms with Gasteiger partial charge in [-0.2, -0.15) is 0 Å². The minimum absolute atomic E-state index is 0.689. The summed E-state index contributed by atoms with van der Waals surface area (Å²) in [5.74, 6) is 0.689. The lowest BCUT2D eigenvalue weighted by Gasteiger charge is -2.12. The van der Waals surface area contributed by atoms with E-state index in [2.05, 4.69) is 156 Å². The molecule has 0 unspecified atom stereocenters. The minimum Gasteiger partial charge on any atom is -0.455 e. The lowest BCUT2D eigenvalue weighted by Crippen LogP contribution is -1.95. The Morgan fingerprint density at radius 3 is 1.94 bits per heavy atom. The monoisotopic (exact) mass is 669 g/mol. The summed E-state index contributed by atoms with van der Waals surface area (Å²) in [6.07, 6.45) is 0. The van der Waals surface area contributed by atoms with Gasteiger partial charge >= 0.3 is 0 Å². The molecule has 4 aromatic heterocycles. The smallest absolute Gasteiger partial charge is 0.160 e. The van der Waals surface area contributed by atoms with Crippen LogP contribution in [0.2, 0.25) is 0 Å². The highest BCUT2D eigenvalue weighted by Crippen LogP contribution is 2.43. The average Bonchev–Trinajstić information content (AvgIpc) is 3.87. The van der Waals surface area contributed by atoms with E-state index in [4.69, 9.17) is 14.4 Å². The second-order valence-corrected chi connectivity index (χ2v) is 14.0. The van der Waals surface area contributed by atoms with Crippen molar-refractivity contribution in [1.29, 1.82) is 0 Å². The molecular formula is C46H27N3OS. The van der Waals surface area contributed by atoms with Crippen molar-refractivity contribution >= 4 is 75.4 Å². The first-order chi connectivity index (χ1) is 25.3. The van der Waals surface area contributed by atoms with Gasteiger partial charge in [-0.1, -0.05) is 115 Å². The zero-order valence-corrected chi connectivity index (χ0v) is 28.1. The molecule has 4 nitrogen and oxygen atoms in total. The van der Waals surface area contributed by atoms with Gasteiger partial charge in [0.25, 0.3) is 0 Å². The summed E-state index contributed by atoms with van der Waals surface area (Å²) in [6.45, 7) is 0. The van der Waals surface area contributed by atoms with E-state index in [1.807, 2.05) is 12.1 Å². The third-order valence-electron chi connectivity index (χ3n) is 10.0. The summed E-state index contributed by atoms with van der Waals surface area (Å²) < 4.78 is 11.1. The SMILES string of the molecule is c1cc(-c2cccc(-n3c4ccccc4c4ccccc43)c2)cc(-c2nc(-c3cccc4c3oc3ccccc34)c3sc4ccccc4c3n2)c1. The van der Waals surface area contributed by atoms with Crippen LogP contribution in [0, 0.1) is 0 Å². The molecule has 0 aliphatic carbocycles. The lowest BCUT2D eigenvalue weighted by molar-refractivity contribution is 0.670. The first kappa shape index (κ1) is 28.3. The average molecular weight is 670 g/mol. The third kappa shape index (κ3) is 4.32. The van der Waals surface area contributed by atoms with Crippen LogP contribution in [0.25, 0.3) is 104 Å². The summed E-state index contributed by atoms with van der Waals surface area (Å²) in [7, 11) is 0. The maximum absolute atomic E-state index is 6.52. The Morgan fingerprint density at radius 2 is 1.12 bits per heavy atom. The molecule has 0 amide bonds. The molecule has 0 spiro atoms. The first-order valence-corrected chi connectivity index (χ1v) is 17.9. The fourth-order valence-electron chi connectivity index (χ4n) is 7.70. The Kier molecular flexibility index (Phi) is 6.09. The van der Waals surface area contributed by atoms with Gasteiger partial charge in [-0.05, 0) is 59.7 Å². The standard InChI is InChI=1S/C46H27N3OS/c1-5-22-38-32(16-1)33-17-2-6-23-39(33)49(38)31-15-10-13-29(27-31)28-12-9-14-30(26-28)46-47-42-36-19-4-8-25-41(36)51-45(42)43(48-46)37-21-11-20-35-34-18-3-7-24-40(34)50-44(35)37/h1-27H. The minimum atomic E-state index is 0.689. The van der Waals surface area contributed by atoms with Gasteiger partial charge in [0.1, 0.15) is 11.2 Å². The van der Waals surface area contributed by atoms with Crippen molar-refractivity contribution in [2.75, 3.05) is 0 Å². The van der Waals surface area contributed by atoms with Gasteiger partial charge < -0.3 is 8.98 Å². The molecule has 0 saturated carbocycles. The lowest BCUT2D eigenvalue weighted by atomic mass is 10.0. The molecule has 0 aliphatic heterocycles. The molecule has 7 aromatic carbocycles. The molecular weight excluding hydrogens is 643 g/mol. The largest absolute Gasteiger partial charge is 0.455 e. The van der Waals surface area contributed by atoms with Gasteiger partial charge in [0.15, 0.2) is 5.82 Å². The Labute approximate surface area is 296 Å². The Hall–Kier alpha value is -6.56. The number of para-hydroxylation sites is 4. The van der Waals surface area contributed by atoms with Crippen molar-refractivity contribution in [3.63, 3.8) is 0 Å². The number of nitrogens with zero attached hydrogens (tertiary/aromatic N) is 3. The molecule has 0 aliphatic rings. The van der Waals surface area contributed by atoms with Crippen molar-refractivity contribution < 1.29 is 4.42 Å².